The second-order valence-corrected chi connectivity index (χ2v) is 5.02. The van der Waals surface area contributed by atoms with E-state index in [0.29, 0.717) is 12.1 Å². The summed E-state index contributed by atoms with van der Waals surface area (Å²) in [6, 6.07) is 1.02. The molecule has 0 saturated carbocycles. The van der Waals surface area contributed by atoms with Crippen molar-refractivity contribution in [3.05, 3.63) is 29.1 Å². The Morgan fingerprint density at radius 3 is 2.68 bits per heavy atom. The number of nitrogens with one attached hydrogen (secondary N) is 1. The van der Waals surface area contributed by atoms with Crippen molar-refractivity contribution >= 4 is 29.1 Å². The molecule has 22 heavy (non-hydrogen) atoms. The summed E-state index contributed by atoms with van der Waals surface area (Å²) >= 11 is 1.11. The van der Waals surface area contributed by atoms with Crippen molar-refractivity contribution < 1.29 is 27.1 Å². The van der Waals surface area contributed by atoms with E-state index in [4.69, 9.17) is 4.74 Å². The number of ether oxygens (including phenoxy) is 1. The zero-order chi connectivity index (χ0) is 16.3. The molecule has 1 fully saturated rings. The van der Waals surface area contributed by atoms with Crippen molar-refractivity contribution in [2.75, 3.05) is 12.9 Å². The molecule has 5 nitrogen and oxygen atoms in total. The zero-order valence-electron chi connectivity index (χ0n) is 11.1. The number of amides is 1. The van der Waals surface area contributed by atoms with Gasteiger partial charge in [-0.05, 0) is 12.1 Å². The molecular weight excluding hydrogens is 326 g/mol. The highest BCUT2D eigenvalue weighted by atomic mass is 32.2. The van der Waals surface area contributed by atoms with Crippen LogP contribution in [0.1, 0.15) is 11.1 Å². The maximum absolute atomic E-state index is 13.8. The number of methoxy groups -OCH3 is 1. The number of carbonyl (C=O) groups is 1. The van der Waals surface area contributed by atoms with Gasteiger partial charge in [0.05, 0.1) is 30.2 Å². The first-order chi connectivity index (χ1) is 10.3. The number of nitrogens with zero attached hydrogens (tertiary/aromatic N) is 2. The third-order valence-corrected chi connectivity index (χ3v) is 3.42. The maximum Gasteiger partial charge on any atom is 0.416 e. The molecule has 0 spiro atoms. The van der Waals surface area contributed by atoms with Crippen molar-refractivity contribution in [2.24, 2.45) is 10.2 Å². The molecule has 1 heterocycles. The van der Waals surface area contributed by atoms with Crippen LogP contribution in [0, 0.1) is 5.82 Å². The molecule has 1 aromatic rings. The molecule has 1 saturated heterocycles. The first-order valence-electron chi connectivity index (χ1n) is 5.79. The number of carbonyl (C=O) groups excluding carboxylic acids is 1. The second kappa shape index (κ2) is 6.34. The van der Waals surface area contributed by atoms with Crippen molar-refractivity contribution in [3.63, 3.8) is 0 Å². The number of amidine groups is 1. The number of hydrogen-bond donors (Lipinski definition) is 1. The Bertz CT molecular complexity index is 659. The predicted octanol–water partition coefficient (Wildman–Crippen LogP) is 2.41. The predicted molar refractivity (Wildman–Crippen MR) is 73.6 cm³/mol. The minimum absolute atomic E-state index is 0.201. The summed E-state index contributed by atoms with van der Waals surface area (Å²) in [4.78, 5) is 10.9. The standard InChI is InChI=1S/C12H9F4N3O2S/c1-21-9-3-6(12(14,15)16)2-8(13)7(9)4-17-19-11-18-10(20)5-22-11/h2-4H,5H2,1H3,(H,18,19,20). The molecule has 0 atom stereocenters. The summed E-state index contributed by atoms with van der Waals surface area (Å²) in [5, 5.41) is 9.80. The number of alkyl halides is 3. The molecule has 0 aliphatic carbocycles. The Morgan fingerprint density at radius 2 is 2.14 bits per heavy atom. The molecule has 1 aliphatic heterocycles. The number of hydrogen-bond acceptors (Lipinski definition) is 5. The third kappa shape index (κ3) is 3.75. The average molecular weight is 335 g/mol. The van der Waals surface area contributed by atoms with Gasteiger partial charge >= 0.3 is 6.18 Å². The van der Waals surface area contributed by atoms with Gasteiger partial charge in [0.2, 0.25) is 5.91 Å². The highest BCUT2D eigenvalue weighted by Gasteiger charge is 2.32. The quantitative estimate of drug-likeness (QED) is 0.524. The lowest BCUT2D eigenvalue weighted by molar-refractivity contribution is -0.137. The van der Waals surface area contributed by atoms with Crippen LogP contribution in [-0.4, -0.2) is 30.2 Å². The van der Waals surface area contributed by atoms with Gasteiger partial charge in [-0.15, -0.1) is 5.10 Å². The fourth-order valence-electron chi connectivity index (χ4n) is 1.57. The molecule has 0 radical (unpaired) electrons. The van der Waals surface area contributed by atoms with Crippen LogP contribution < -0.4 is 10.1 Å². The van der Waals surface area contributed by atoms with Crippen molar-refractivity contribution in [1.82, 2.24) is 5.32 Å². The van der Waals surface area contributed by atoms with Crippen LogP contribution >= 0.6 is 11.8 Å². The Kier molecular flexibility index (Phi) is 4.69. The summed E-state index contributed by atoms with van der Waals surface area (Å²) in [5.41, 5.74) is -1.43. The monoisotopic (exact) mass is 335 g/mol. The van der Waals surface area contributed by atoms with Crippen LogP contribution in [0.5, 0.6) is 5.75 Å². The first kappa shape index (κ1) is 16.3. The molecule has 1 aromatic carbocycles. The van der Waals surface area contributed by atoms with Crippen LogP contribution in [0.4, 0.5) is 17.6 Å². The number of thioether (sulfide) groups is 1. The van der Waals surface area contributed by atoms with Gasteiger partial charge in [0.15, 0.2) is 5.17 Å². The maximum atomic E-state index is 13.8. The van der Waals surface area contributed by atoms with Crippen LogP contribution in [0.2, 0.25) is 0 Å². The van der Waals surface area contributed by atoms with Gasteiger partial charge in [0.1, 0.15) is 11.6 Å². The Balaban J connectivity index is 2.29. The molecule has 1 amide bonds. The van der Waals surface area contributed by atoms with Gasteiger partial charge in [0.25, 0.3) is 0 Å². The topological polar surface area (TPSA) is 63.1 Å². The average Bonchev–Trinajstić information content (AvgIpc) is 2.84. The van der Waals surface area contributed by atoms with E-state index in [-0.39, 0.29) is 28.1 Å². The molecule has 0 aromatic heterocycles. The summed E-state index contributed by atoms with van der Waals surface area (Å²) in [7, 11) is 1.12. The molecule has 1 N–H and O–H groups in total. The molecule has 2 rings (SSSR count). The molecule has 1 aliphatic rings. The lowest BCUT2D eigenvalue weighted by Gasteiger charge is -2.11. The van der Waals surface area contributed by atoms with E-state index < -0.39 is 17.6 Å². The highest BCUT2D eigenvalue weighted by molar-refractivity contribution is 8.15. The van der Waals surface area contributed by atoms with Crippen molar-refractivity contribution in [2.45, 2.75) is 6.18 Å². The Morgan fingerprint density at radius 1 is 1.41 bits per heavy atom. The largest absolute Gasteiger partial charge is 0.496 e. The number of rotatable bonds is 3. The lowest BCUT2D eigenvalue weighted by Crippen LogP contribution is -2.19. The summed E-state index contributed by atoms with van der Waals surface area (Å²) in [6.07, 6.45) is -3.76. The summed E-state index contributed by atoms with van der Waals surface area (Å²) < 4.78 is 56.3. The van der Waals surface area contributed by atoms with E-state index in [1.165, 1.54) is 0 Å². The van der Waals surface area contributed by atoms with Gasteiger partial charge in [-0.3, -0.25) is 4.79 Å². The summed E-state index contributed by atoms with van der Waals surface area (Å²) in [6.45, 7) is 0. The van der Waals surface area contributed by atoms with Gasteiger partial charge in [-0.25, -0.2) is 4.39 Å². The third-order valence-electron chi connectivity index (χ3n) is 2.56. The number of benzene rings is 1. The normalized spacial score (nSPS) is 17.3. The fraction of sp³-hybridized carbons (Fsp3) is 0.250. The summed E-state index contributed by atoms with van der Waals surface area (Å²) in [5.74, 6) is -1.50. The van der Waals surface area contributed by atoms with E-state index in [0.717, 1.165) is 25.1 Å². The van der Waals surface area contributed by atoms with Crippen LogP contribution in [0.25, 0.3) is 0 Å². The molecule has 10 heteroatoms. The molecule has 0 unspecified atom stereocenters. The van der Waals surface area contributed by atoms with Crippen molar-refractivity contribution in [1.29, 1.82) is 0 Å². The minimum atomic E-state index is -4.69. The van der Waals surface area contributed by atoms with Gasteiger partial charge < -0.3 is 10.1 Å². The zero-order valence-corrected chi connectivity index (χ0v) is 11.9. The van der Waals surface area contributed by atoms with Crippen LogP contribution in [0.15, 0.2) is 22.3 Å². The lowest BCUT2D eigenvalue weighted by atomic mass is 10.1. The molecule has 0 bridgehead atoms. The van der Waals surface area contributed by atoms with E-state index in [1.807, 2.05) is 0 Å². The fourth-order valence-corrected chi connectivity index (χ4v) is 2.20. The van der Waals surface area contributed by atoms with E-state index in [1.54, 1.807) is 0 Å². The second-order valence-electron chi connectivity index (χ2n) is 4.06. The van der Waals surface area contributed by atoms with Crippen LogP contribution in [-0.2, 0) is 11.0 Å². The highest BCUT2D eigenvalue weighted by Crippen LogP contribution is 2.34. The van der Waals surface area contributed by atoms with E-state index >= 15 is 0 Å². The number of halogens is 4. The van der Waals surface area contributed by atoms with Gasteiger partial charge in [0, 0.05) is 0 Å². The van der Waals surface area contributed by atoms with Gasteiger partial charge in [-0.1, -0.05) is 11.8 Å². The molecule has 118 valence electrons. The Hall–Kier alpha value is -2.10. The van der Waals surface area contributed by atoms with E-state index in [9.17, 15) is 22.4 Å². The van der Waals surface area contributed by atoms with Gasteiger partial charge in [-0.2, -0.15) is 18.3 Å². The Labute approximate surface area is 126 Å². The first-order valence-corrected chi connectivity index (χ1v) is 6.78. The van der Waals surface area contributed by atoms with E-state index in [2.05, 4.69) is 15.5 Å². The SMILES string of the molecule is COc1cc(C(F)(F)F)cc(F)c1C=NN=C1NC(=O)CS1. The van der Waals surface area contributed by atoms with Crippen LogP contribution in [0.3, 0.4) is 0 Å². The van der Waals surface area contributed by atoms with Crippen molar-refractivity contribution in [3.8, 4) is 5.75 Å². The smallest absolute Gasteiger partial charge is 0.416 e. The minimum Gasteiger partial charge on any atom is -0.496 e. The molecular formula is C12H9F4N3O2S.